The summed E-state index contributed by atoms with van der Waals surface area (Å²) >= 11 is 0. The van der Waals surface area contributed by atoms with Gasteiger partial charge in [0.05, 0.1) is 23.8 Å². The zero-order chi connectivity index (χ0) is 12.4. The Balaban J connectivity index is 1.96. The molecule has 1 aliphatic rings. The third-order valence-corrected chi connectivity index (χ3v) is 2.78. The van der Waals surface area contributed by atoms with Crippen LogP contribution in [0.25, 0.3) is 0 Å². The van der Waals surface area contributed by atoms with E-state index < -0.39 is 18.1 Å². The highest BCUT2D eigenvalue weighted by atomic mass is 16.4. The van der Waals surface area contributed by atoms with Gasteiger partial charge in [-0.15, -0.1) is 0 Å². The van der Waals surface area contributed by atoms with Crippen LogP contribution in [0.1, 0.15) is 18.3 Å². The van der Waals surface area contributed by atoms with Crippen LogP contribution >= 0.6 is 0 Å². The Labute approximate surface area is 97.6 Å². The van der Waals surface area contributed by atoms with Crippen molar-refractivity contribution >= 4 is 11.9 Å². The molecule has 0 aliphatic carbocycles. The molecule has 1 amide bonds. The predicted molar refractivity (Wildman–Crippen MR) is 58.2 cm³/mol. The summed E-state index contributed by atoms with van der Waals surface area (Å²) in [5, 5.41) is 14.2. The molecular weight excluding hydrogens is 224 g/mol. The molecule has 0 spiro atoms. The van der Waals surface area contributed by atoms with Crippen molar-refractivity contribution in [2.24, 2.45) is 0 Å². The monoisotopic (exact) mass is 238 g/mol. The first-order valence-corrected chi connectivity index (χ1v) is 5.35. The molecule has 1 aromatic heterocycles. The Bertz CT molecular complexity index is 443. The third-order valence-electron chi connectivity index (χ3n) is 2.78. The molecule has 4 N–H and O–H groups in total. The van der Waals surface area contributed by atoms with E-state index >= 15 is 0 Å². The Morgan fingerprint density at radius 3 is 3.12 bits per heavy atom. The van der Waals surface area contributed by atoms with Gasteiger partial charge in [0, 0.05) is 13.0 Å². The molecule has 1 unspecified atom stereocenters. The van der Waals surface area contributed by atoms with E-state index in [0.29, 0.717) is 13.0 Å². The van der Waals surface area contributed by atoms with Crippen LogP contribution in [0.5, 0.6) is 0 Å². The van der Waals surface area contributed by atoms with Crippen molar-refractivity contribution in [3.05, 3.63) is 17.7 Å². The Morgan fingerprint density at radius 1 is 1.65 bits per heavy atom. The molecule has 2 rings (SSSR count). The minimum atomic E-state index is -1.05. The Hall–Kier alpha value is -1.89. The van der Waals surface area contributed by atoms with Gasteiger partial charge in [-0.2, -0.15) is 0 Å². The number of nitrogens with zero attached hydrogens (tertiary/aromatic N) is 1. The summed E-state index contributed by atoms with van der Waals surface area (Å²) in [5.74, 6) is -1.36. The van der Waals surface area contributed by atoms with Gasteiger partial charge in [0.2, 0.25) is 5.91 Å². The Kier molecular flexibility index (Phi) is 3.10. The van der Waals surface area contributed by atoms with Crippen molar-refractivity contribution in [1.82, 2.24) is 20.6 Å². The molecule has 0 radical (unpaired) electrons. The first kappa shape index (κ1) is 11.6. The lowest BCUT2D eigenvalue weighted by molar-refractivity contribution is -0.141. The lowest BCUT2D eigenvalue weighted by Gasteiger charge is -2.23. The first-order chi connectivity index (χ1) is 8.08. The second-order valence-corrected chi connectivity index (χ2v) is 4.03. The number of hydrogen-bond donors (Lipinski definition) is 4. The summed E-state index contributed by atoms with van der Waals surface area (Å²) in [4.78, 5) is 29.5. The molecule has 2 atom stereocenters. The van der Waals surface area contributed by atoms with Gasteiger partial charge in [0.25, 0.3) is 0 Å². The molecule has 7 nitrogen and oxygen atoms in total. The zero-order valence-corrected chi connectivity index (χ0v) is 9.36. The topological polar surface area (TPSA) is 107 Å². The molecule has 0 saturated carbocycles. The number of hydrogen-bond acceptors (Lipinski definition) is 4. The number of carboxylic acids is 1. The van der Waals surface area contributed by atoms with E-state index in [9.17, 15) is 9.59 Å². The van der Waals surface area contributed by atoms with Crippen molar-refractivity contribution < 1.29 is 14.7 Å². The summed E-state index contributed by atoms with van der Waals surface area (Å²) in [6, 6.07) is -1.31. The van der Waals surface area contributed by atoms with Gasteiger partial charge in [-0.25, -0.2) is 4.98 Å². The number of aliphatic carboxylic acids is 1. The molecular formula is C10H14N4O3. The number of nitrogens with one attached hydrogen (secondary N) is 3. The second kappa shape index (κ2) is 4.54. The van der Waals surface area contributed by atoms with Gasteiger partial charge in [0.15, 0.2) is 0 Å². The summed E-state index contributed by atoms with van der Waals surface area (Å²) in [5.41, 5.74) is 1.83. The lowest BCUT2D eigenvalue weighted by atomic mass is 10.0. The average Bonchev–Trinajstić information content (AvgIpc) is 2.75. The van der Waals surface area contributed by atoms with Gasteiger partial charge in [-0.05, 0) is 6.92 Å². The number of imidazole rings is 1. The number of H-pyrrole nitrogens is 1. The van der Waals surface area contributed by atoms with Crippen molar-refractivity contribution in [2.45, 2.75) is 32.0 Å². The number of carbonyl (C=O) groups excluding carboxylic acids is 1. The number of carboxylic acid groups (broad SMARTS) is 1. The van der Waals surface area contributed by atoms with E-state index in [0.717, 1.165) is 11.4 Å². The van der Waals surface area contributed by atoms with Crippen molar-refractivity contribution in [1.29, 1.82) is 0 Å². The van der Waals surface area contributed by atoms with E-state index in [4.69, 9.17) is 5.11 Å². The highest BCUT2D eigenvalue weighted by Crippen LogP contribution is 2.12. The summed E-state index contributed by atoms with van der Waals surface area (Å²) in [6.07, 6.45) is 2.06. The fourth-order valence-electron chi connectivity index (χ4n) is 1.73. The molecule has 1 aliphatic heterocycles. The van der Waals surface area contributed by atoms with Crippen molar-refractivity contribution in [2.75, 3.05) is 0 Å². The lowest BCUT2D eigenvalue weighted by Crippen LogP contribution is -2.51. The standard InChI is InChI=1S/C10H14N4O3/c1-5(10(16)17)14-9(15)7-2-6-8(3-11-7)13-4-12-6/h4-5,7,11H,2-3H2,1H3,(H,12,13)(H,14,15)(H,16,17)/t5-,7?/m1/s1. The molecule has 92 valence electrons. The fraction of sp³-hybridized carbons (Fsp3) is 0.500. The fourth-order valence-corrected chi connectivity index (χ4v) is 1.73. The average molecular weight is 238 g/mol. The highest BCUT2D eigenvalue weighted by molar-refractivity contribution is 5.87. The summed E-state index contributed by atoms with van der Waals surface area (Å²) in [6.45, 7) is 1.97. The van der Waals surface area contributed by atoms with Crippen molar-refractivity contribution in [3.63, 3.8) is 0 Å². The second-order valence-electron chi connectivity index (χ2n) is 4.03. The number of fused-ring (bicyclic) bond motifs is 1. The predicted octanol–water partition coefficient (Wildman–Crippen LogP) is -0.987. The normalized spacial score (nSPS) is 20.4. The van der Waals surface area contributed by atoms with Crippen LogP contribution in [-0.2, 0) is 22.6 Å². The van der Waals surface area contributed by atoms with Gasteiger partial charge in [-0.3, -0.25) is 14.9 Å². The molecule has 0 saturated heterocycles. The quantitative estimate of drug-likeness (QED) is 0.541. The van der Waals surface area contributed by atoms with E-state index in [1.807, 2.05) is 0 Å². The molecule has 2 heterocycles. The van der Waals surface area contributed by atoms with Gasteiger partial charge in [-0.1, -0.05) is 0 Å². The van der Waals surface area contributed by atoms with Crippen LogP contribution in [0.15, 0.2) is 6.33 Å². The smallest absolute Gasteiger partial charge is 0.325 e. The molecule has 0 bridgehead atoms. The summed E-state index contributed by atoms with van der Waals surface area (Å²) < 4.78 is 0. The number of amides is 1. The maximum atomic E-state index is 11.8. The Morgan fingerprint density at radius 2 is 2.41 bits per heavy atom. The first-order valence-electron chi connectivity index (χ1n) is 5.35. The SMILES string of the molecule is C[C@@H](NC(=O)C1Cc2nc[nH]c2CN1)C(=O)O. The van der Waals surface area contributed by atoms with E-state index in [-0.39, 0.29) is 5.91 Å². The van der Waals surface area contributed by atoms with Gasteiger partial charge in [0.1, 0.15) is 6.04 Å². The highest BCUT2D eigenvalue weighted by Gasteiger charge is 2.27. The molecule has 1 aromatic rings. The minimum Gasteiger partial charge on any atom is -0.480 e. The van der Waals surface area contributed by atoms with Gasteiger partial charge < -0.3 is 15.4 Å². The molecule has 0 fully saturated rings. The molecule has 7 heteroatoms. The molecule has 17 heavy (non-hydrogen) atoms. The zero-order valence-electron chi connectivity index (χ0n) is 9.36. The summed E-state index contributed by atoms with van der Waals surface area (Å²) in [7, 11) is 0. The van der Waals surface area contributed by atoms with Crippen LogP contribution in [0.3, 0.4) is 0 Å². The van der Waals surface area contributed by atoms with Crippen LogP contribution in [0, 0.1) is 0 Å². The number of rotatable bonds is 3. The van der Waals surface area contributed by atoms with Crippen LogP contribution in [0.4, 0.5) is 0 Å². The van der Waals surface area contributed by atoms with E-state index in [1.165, 1.54) is 6.92 Å². The number of aromatic nitrogens is 2. The number of carbonyl (C=O) groups is 2. The van der Waals surface area contributed by atoms with Crippen LogP contribution in [0.2, 0.25) is 0 Å². The van der Waals surface area contributed by atoms with Crippen molar-refractivity contribution in [3.8, 4) is 0 Å². The van der Waals surface area contributed by atoms with E-state index in [1.54, 1.807) is 6.33 Å². The largest absolute Gasteiger partial charge is 0.480 e. The number of aromatic amines is 1. The van der Waals surface area contributed by atoms with E-state index in [2.05, 4.69) is 20.6 Å². The minimum absolute atomic E-state index is 0.312. The van der Waals surface area contributed by atoms with Crippen LogP contribution < -0.4 is 10.6 Å². The van der Waals surface area contributed by atoms with Crippen LogP contribution in [-0.4, -0.2) is 39.0 Å². The third kappa shape index (κ3) is 2.44. The maximum absolute atomic E-state index is 11.8. The maximum Gasteiger partial charge on any atom is 0.325 e. The van der Waals surface area contributed by atoms with Gasteiger partial charge >= 0.3 is 5.97 Å². The molecule has 0 aromatic carbocycles.